The van der Waals surface area contributed by atoms with E-state index in [1.54, 1.807) is 29.1 Å². The summed E-state index contributed by atoms with van der Waals surface area (Å²) >= 11 is 0. The molecule has 3 N–H and O–H groups in total. The van der Waals surface area contributed by atoms with Crippen molar-refractivity contribution in [1.82, 2.24) is 34.9 Å². The third-order valence-corrected chi connectivity index (χ3v) is 11.4. The number of benzene rings is 4. The highest BCUT2D eigenvalue weighted by atomic mass is 31.2. The van der Waals surface area contributed by atoms with Crippen LogP contribution < -0.4 is 9.84 Å². The molecule has 0 aliphatic carbocycles. The van der Waals surface area contributed by atoms with Crippen LogP contribution in [0.25, 0.3) is 10.8 Å². The van der Waals surface area contributed by atoms with Gasteiger partial charge in [0.05, 0.1) is 13.1 Å². The molecule has 2 saturated heterocycles. The molecule has 2 fully saturated rings. The van der Waals surface area contributed by atoms with Crippen LogP contribution in [0.2, 0.25) is 0 Å². The number of phosphoric ester groups is 1. The lowest BCUT2D eigenvalue weighted by molar-refractivity contribution is -0.187. The average molecular weight is 846 g/mol. The van der Waals surface area contributed by atoms with Gasteiger partial charge in [0.25, 0.3) is 0 Å². The van der Waals surface area contributed by atoms with Crippen LogP contribution in [-0.2, 0) is 33.7 Å². The summed E-state index contributed by atoms with van der Waals surface area (Å²) in [6.07, 6.45) is -0.663. The van der Waals surface area contributed by atoms with Gasteiger partial charge in [0.15, 0.2) is 0 Å². The van der Waals surface area contributed by atoms with Crippen molar-refractivity contribution in [3.63, 3.8) is 0 Å². The van der Waals surface area contributed by atoms with Crippen molar-refractivity contribution in [3.05, 3.63) is 114 Å². The van der Waals surface area contributed by atoms with E-state index in [4.69, 9.17) is 9.79 Å². The van der Waals surface area contributed by atoms with Gasteiger partial charge in [-0.25, -0.2) is 19.4 Å². The number of carbonyl (C=O) groups excluding carboxylic acids is 3. The molecule has 6 rings (SSSR count). The number of piperazine rings is 1. The van der Waals surface area contributed by atoms with E-state index in [0.29, 0.717) is 5.56 Å². The Morgan fingerprint density at radius 2 is 1.33 bits per heavy atom. The van der Waals surface area contributed by atoms with E-state index < -0.39 is 26.1 Å². The van der Waals surface area contributed by atoms with E-state index in [2.05, 4.69) is 61.2 Å². The summed E-state index contributed by atoms with van der Waals surface area (Å²) < 4.78 is 15.9. The monoisotopic (exact) mass is 845 g/mol. The van der Waals surface area contributed by atoms with E-state index in [0.717, 1.165) is 21.9 Å². The smallest absolute Gasteiger partial charge is 0.404 e. The molecule has 0 radical (unpaired) electrons. The summed E-state index contributed by atoms with van der Waals surface area (Å²) in [7, 11) is -3.07. The van der Waals surface area contributed by atoms with Gasteiger partial charge in [-0.3, -0.25) is 19.4 Å². The predicted molar refractivity (Wildman–Crippen MR) is 237 cm³/mol. The lowest BCUT2D eigenvalue weighted by Crippen LogP contribution is -2.76. The maximum atomic E-state index is 14.3. The van der Waals surface area contributed by atoms with Gasteiger partial charge in [0.1, 0.15) is 18.0 Å². The predicted octanol–water partition coefficient (Wildman–Crippen LogP) is 6.19. The highest BCUT2D eigenvalue weighted by Crippen LogP contribution is 2.38. The van der Waals surface area contributed by atoms with Crippen LogP contribution >= 0.6 is 7.82 Å². The van der Waals surface area contributed by atoms with Gasteiger partial charge >= 0.3 is 13.9 Å². The molecule has 0 spiro atoms. The van der Waals surface area contributed by atoms with Crippen LogP contribution in [-0.4, -0.2) is 129 Å². The second-order valence-corrected chi connectivity index (χ2v) is 15.8. The van der Waals surface area contributed by atoms with Gasteiger partial charge in [0.2, 0.25) is 11.8 Å². The molecule has 0 bridgehead atoms. The summed E-state index contributed by atoms with van der Waals surface area (Å²) in [5.41, 5.74) is 2.51. The van der Waals surface area contributed by atoms with Gasteiger partial charge in [0, 0.05) is 26.6 Å². The number of phosphoric acid groups is 1. The first-order valence-electron chi connectivity index (χ1n) is 20.9. The molecule has 0 unspecified atom stereocenters. The second kappa shape index (κ2) is 23.3. The normalized spacial score (nSPS) is 16.9. The summed E-state index contributed by atoms with van der Waals surface area (Å²) in [6, 6.07) is 28.0. The van der Waals surface area contributed by atoms with Crippen molar-refractivity contribution in [2.24, 2.45) is 0 Å². The lowest BCUT2D eigenvalue weighted by Gasteiger charge is -2.54. The van der Waals surface area contributed by atoms with Crippen LogP contribution in [0, 0.1) is 0 Å². The number of hydrogen-bond acceptors (Lipinski definition) is 8. The van der Waals surface area contributed by atoms with Crippen molar-refractivity contribution in [2.75, 3.05) is 59.4 Å². The molecule has 60 heavy (non-hydrogen) atoms. The number of nitrogens with zero attached hydrogens (tertiary/aromatic N) is 6. The fourth-order valence-corrected chi connectivity index (χ4v) is 7.92. The molecule has 0 saturated carbocycles. The molecular formula is C45H64N7O7P. The third-order valence-electron chi connectivity index (χ3n) is 10.9. The van der Waals surface area contributed by atoms with Crippen LogP contribution in [0.4, 0.5) is 4.79 Å². The second-order valence-electron chi connectivity index (χ2n) is 14.6. The van der Waals surface area contributed by atoms with Crippen molar-refractivity contribution < 1.29 is 33.3 Å². The molecule has 4 amide bonds. The molecule has 4 aromatic carbocycles. The molecule has 14 nitrogen and oxygen atoms in total. The minimum absolute atomic E-state index is 0.0283. The Hall–Kier alpha value is -4.82. The number of carbonyl (C=O) groups is 3. The van der Waals surface area contributed by atoms with Gasteiger partial charge in [-0.15, -0.1) is 0 Å². The lowest BCUT2D eigenvalue weighted by atomic mass is 9.97. The number of hydrogen-bond donors (Lipinski definition) is 3. The molecule has 0 aromatic heterocycles. The zero-order valence-corrected chi connectivity index (χ0v) is 37.1. The Morgan fingerprint density at radius 1 is 0.767 bits per heavy atom. The number of hydrazine groups is 1. The summed E-state index contributed by atoms with van der Waals surface area (Å²) in [5.74, 6) is -0.578. The zero-order chi connectivity index (χ0) is 43.8. The number of urea groups is 1. The molecule has 15 heteroatoms. The zero-order valence-electron chi connectivity index (χ0n) is 36.2. The summed E-state index contributed by atoms with van der Waals surface area (Å²) in [5, 5.41) is 8.10. The van der Waals surface area contributed by atoms with E-state index in [1.807, 2.05) is 72.8 Å². The fraction of sp³-hybridized carbons (Fsp3) is 0.444. The Bertz CT molecular complexity index is 1980. The highest BCUT2D eigenvalue weighted by Gasteiger charge is 2.50. The molecule has 2 heterocycles. The maximum absolute atomic E-state index is 14.3. The van der Waals surface area contributed by atoms with E-state index in [1.165, 1.54) is 61.3 Å². The quantitative estimate of drug-likeness (QED) is 0.126. The number of likely N-dealkylation sites (N-methyl/N-ethyl adjacent to an activating group) is 1. The Balaban J connectivity index is 0.000000488. The number of fused-ring (bicyclic) bond motifs is 2. The minimum atomic E-state index is -4.74. The van der Waals surface area contributed by atoms with E-state index in [9.17, 15) is 18.9 Å². The maximum Gasteiger partial charge on any atom is 0.524 e. The van der Waals surface area contributed by atoms with Crippen molar-refractivity contribution in [2.45, 2.75) is 73.3 Å². The van der Waals surface area contributed by atoms with E-state index >= 15 is 0 Å². The first kappa shape index (κ1) is 47.9. The Morgan fingerprint density at radius 3 is 1.90 bits per heavy atom. The highest BCUT2D eigenvalue weighted by molar-refractivity contribution is 7.46. The first-order valence-corrected chi connectivity index (χ1v) is 22.5. The first-order chi connectivity index (χ1) is 28.8. The van der Waals surface area contributed by atoms with Crippen molar-refractivity contribution in [3.8, 4) is 5.75 Å². The minimum Gasteiger partial charge on any atom is -0.404 e. The van der Waals surface area contributed by atoms with Gasteiger partial charge < -0.3 is 29.4 Å². The fourth-order valence-electron chi connectivity index (χ4n) is 7.53. The largest absolute Gasteiger partial charge is 0.524 e. The molecule has 326 valence electrons. The summed E-state index contributed by atoms with van der Waals surface area (Å²) in [6.45, 7) is 20.8. The number of rotatable bonds is 14. The topological polar surface area (TPSA) is 149 Å². The van der Waals surface area contributed by atoms with Crippen molar-refractivity contribution in [1.29, 1.82) is 0 Å². The summed E-state index contributed by atoms with van der Waals surface area (Å²) in [4.78, 5) is 67.9. The molecule has 2 aliphatic heterocycles. The van der Waals surface area contributed by atoms with Crippen molar-refractivity contribution >= 4 is 36.4 Å². The number of nitrogens with one attached hydrogen (secondary N) is 1. The van der Waals surface area contributed by atoms with Crippen LogP contribution in [0.15, 0.2) is 97.1 Å². The van der Waals surface area contributed by atoms with Gasteiger partial charge in [-0.2, -0.15) is 0 Å². The van der Waals surface area contributed by atoms with Crippen LogP contribution in [0.3, 0.4) is 0 Å². The third kappa shape index (κ3) is 13.3. The number of amides is 4. The molecular weight excluding hydrogens is 782 g/mol. The van der Waals surface area contributed by atoms with E-state index in [-0.39, 0.29) is 50.2 Å². The molecule has 2 aliphatic rings. The molecule has 4 aromatic rings. The van der Waals surface area contributed by atoms with Gasteiger partial charge in [-0.1, -0.05) is 126 Å². The van der Waals surface area contributed by atoms with Crippen LogP contribution in [0.5, 0.6) is 5.75 Å². The van der Waals surface area contributed by atoms with Gasteiger partial charge in [-0.05, 0) is 78.9 Å². The Labute approximate surface area is 355 Å². The average Bonchev–Trinajstić information content (AvgIpc) is 3.24. The molecule has 2 atom stereocenters. The SMILES string of the molecule is CCN(CC)CC.CCN(CC)CC.CN1CC(=O)N2[C@@H](Cc3ccc(OP(=O)(O)O)cc3)C(=O)N(Cc3cccc4ccccc34)C[C@@H]2N1C(=O)NCc1ccccc1. The Kier molecular flexibility index (Phi) is 18.5. The van der Waals surface area contributed by atoms with Crippen LogP contribution in [0.1, 0.15) is 58.2 Å². The standard InChI is InChI=1S/C33H34N5O7P.2C6H15N/c1-35-22-31(39)37-29(18-23-14-16-27(17-15-23)45-46(42,43)44)32(40)36(20-26-12-7-11-25-10-5-6-13-28(25)26)21-30(37)38(35)33(41)34-19-24-8-3-2-4-9-24;2*1-4-7(5-2)6-3/h2-17,29-30H,18-22H2,1H3,(H,34,41)(H2,42,43,44);2*4-6H2,1-3H3/t29-,30-;;/m0../s1.